The minimum Gasteiger partial charge on any atom is -0.372 e. The van der Waals surface area contributed by atoms with Crippen molar-refractivity contribution in [1.29, 1.82) is 0 Å². The molecule has 0 aromatic heterocycles. The van der Waals surface area contributed by atoms with E-state index in [1.807, 2.05) is 18.0 Å². The quantitative estimate of drug-likeness (QED) is 0.790. The standard InChI is InChI=1S/C18H26FN3O/c1-22(16-6-3-2-5-15(16)19)12-4-9-21-17(23)14-13-18(14)7-10-20-11-8-18/h2-3,5-6,14,20H,4,7-13H2,1H3,(H,21,23). The molecule has 1 heterocycles. The molecule has 3 rings (SSSR count). The molecule has 1 amide bonds. The molecular formula is C18H26FN3O. The second kappa shape index (κ2) is 6.87. The van der Waals surface area contributed by atoms with Gasteiger partial charge in [0, 0.05) is 26.1 Å². The Bertz CT molecular complexity index is 557. The Morgan fingerprint density at radius 2 is 2.13 bits per heavy atom. The third-order valence-electron chi connectivity index (χ3n) is 5.34. The summed E-state index contributed by atoms with van der Waals surface area (Å²) in [6.45, 7) is 3.46. The van der Waals surface area contributed by atoms with E-state index in [-0.39, 0.29) is 17.6 Å². The zero-order valence-electron chi connectivity index (χ0n) is 13.8. The largest absolute Gasteiger partial charge is 0.372 e. The average molecular weight is 319 g/mol. The van der Waals surface area contributed by atoms with Gasteiger partial charge in [0.25, 0.3) is 0 Å². The number of rotatable bonds is 6. The SMILES string of the molecule is CN(CCCNC(=O)C1CC12CCNCC2)c1ccccc1F. The maximum Gasteiger partial charge on any atom is 0.223 e. The lowest BCUT2D eigenvalue weighted by Gasteiger charge is -2.23. The van der Waals surface area contributed by atoms with Crippen molar-refractivity contribution in [3.8, 4) is 0 Å². The van der Waals surface area contributed by atoms with Crippen LogP contribution in [0.5, 0.6) is 0 Å². The van der Waals surface area contributed by atoms with Gasteiger partial charge in [0.15, 0.2) is 0 Å². The maximum absolute atomic E-state index is 13.7. The highest BCUT2D eigenvalue weighted by molar-refractivity contribution is 5.82. The Labute approximate surface area is 137 Å². The zero-order valence-corrected chi connectivity index (χ0v) is 13.8. The number of anilines is 1. The molecule has 23 heavy (non-hydrogen) atoms. The molecule has 5 heteroatoms. The first-order valence-electron chi connectivity index (χ1n) is 8.56. The van der Waals surface area contributed by atoms with Gasteiger partial charge in [-0.3, -0.25) is 4.79 Å². The second-order valence-electron chi connectivity index (χ2n) is 6.89. The van der Waals surface area contributed by atoms with Crippen molar-refractivity contribution in [1.82, 2.24) is 10.6 Å². The van der Waals surface area contributed by atoms with Crippen LogP contribution in [-0.2, 0) is 4.79 Å². The highest BCUT2D eigenvalue weighted by atomic mass is 19.1. The molecule has 1 saturated heterocycles. The van der Waals surface area contributed by atoms with Crippen molar-refractivity contribution in [2.24, 2.45) is 11.3 Å². The molecule has 1 unspecified atom stereocenters. The first-order chi connectivity index (χ1) is 11.1. The molecule has 2 aliphatic rings. The van der Waals surface area contributed by atoms with Crippen molar-refractivity contribution < 1.29 is 9.18 Å². The summed E-state index contributed by atoms with van der Waals surface area (Å²) in [6.07, 6.45) is 4.12. The van der Waals surface area contributed by atoms with Crippen LogP contribution in [0.25, 0.3) is 0 Å². The minimum atomic E-state index is -0.204. The van der Waals surface area contributed by atoms with Crippen molar-refractivity contribution in [2.75, 3.05) is 38.1 Å². The van der Waals surface area contributed by atoms with Crippen LogP contribution < -0.4 is 15.5 Å². The van der Waals surface area contributed by atoms with Gasteiger partial charge in [-0.15, -0.1) is 0 Å². The van der Waals surface area contributed by atoms with E-state index in [4.69, 9.17) is 0 Å². The van der Waals surface area contributed by atoms with E-state index in [0.717, 1.165) is 45.3 Å². The highest BCUT2D eigenvalue weighted by Crippen LogP contribution is 2.58. The minimum absolute atomic E-state index is 0.204. The number of nitrogens with zero attached hydrogens (tertiary/aromatic N) is 1. The van der Waals surface area contributed by atoms with Crippen LogP contribution in [0.15, 0.2) is 24.3 Å². The molecule has 1 aromatic rings. The van der Waals surface area contributed by atoms with Crippen LogP contribution in [0.1, 0.15) is 25.7 Å². The van der Waals surface area contributed by atoms with Crippen molar-refractivity contribution in [3.63, 3.8) is 0 Å². The molecule has 1 atom stereocenters. The number of hydrogen-bond acceptors (Lipinski definition) is 3. The van der Waals surface area contributed by atoms with E-state index in [1.165, 1.54) is 6.07 Å². The molecule has 1 spiro atoms. The molecule has 0 bridgehead atoms. The summed E-state index contributed by atoms with van der Waals surface area (Å²) in [6, 6.07) is 6.78. The summed E-state index contributed by atoms with van der Waals surface area (Å²) in [5.41, 5.74) is 0.897. The lowest BCUT2D eigenvalue weighted by molar-refractivity contribution is -0.123. The molecule has 1 aliphatic carbocycles. The number of para-hydroxylation sites is 1. The third-order valence-corrected chi connectivity index (χ3v) is 5.34. The van der Waals surface area contributed by atoms with Crippen molar-refractivity contribution in [3.05, 3.63) is 30.1 Å². The van der Waals surface area contributed by atoms with E-state index in [2.05, 4.69) is 10.6 Å². The van der Waals surface area contributed by atoms with Crippen LogP contribution in [0.3, 0.4) is 0 Å². The number of amides is 1. The van der Waals surface area contributed by atoms with E-state index < -0.39 is 0 Å². The van der Waals surface area contributed by atoms with E-state index in [1.54, 1.807) is 12.1 Å². The monoisotopic (exact) mass is 319 g/mol. The average Bonchev–Trinajstić information content (AvgIpc) is 3.25. The van der Waals surface area contributed by atoms with Crippen molar-refractivity contribution in [2.45, 2.75) is 25.7 Å². The molecule has 1 saturated carbocycles. The fourth-order valence-corrected chi connectivity index (χ4v) is 3.73. The lowest BCUT2D eigenvalue weighted by atomic mass is 9.92. The predicted octanol–water partition coefficient (Wildman–Crippen LogP) is 2.16. The van der Waals surface area contributed by atoms with Gasteiger partial charge in [-0.05, 0) is 56.3 Å². The van der Waals surface area contributed by atoms with Crippen LogP contribution in [0.4, 0.5) is 10.1 Å². The Hall–Kier alpha value is -1.62. The zero-order chi connectivity index (χ0) is 16.3. The maximum atomic E-state index is 13.7. The lowest BCUT2D eigenvalue weighted by Crippen LogP contribution is -2.34. The highest BCUT2D eigenvalue weighted by Gasteiger charge is 2.57. The summed E-state index contributed by atoms with van der Waals surface area (Å²) in [5.74, 6) is 0.221. The van der Waals surface area contributed by atoms with Gasteiger partial charge in [-0.1, -0.05) is 12.1 Å². The molecule has 1 aliphatic heterocycles. The topological polar surface area (TPSA) is 44.4 Å². The number of benzene rings is 1. The van der Waals surface area contributed by atoms with E-state index >= 15 is 0 Å². The molecular weight excluding hydrogens is 293 g/mol. The van der Waals surface area contributed by atoms with Gasteiger partial charge < -0.3 is 15.5 Å². The molecule has 2 N–H and O–H groups in total. The van der Waals surface area contributed by atoms with Crippen LogP contribution in [0, 0.1) is 17.2 Å². The summed E-state index contributed by atoms with van der Waals surface area (Å²) in [5, 5.41) is 6.41. The number of nitrogens with one attached hydrogen (secondary N) is 2. The van der Waals surface area contributed by atoms with Gasteiger partial charge in [0.2, 0.25) is 5.91 Å². The number of carbonyl (C=O) groups excluding carboxylic acids is 1. The van der Waals surface area contributed by atoms with Crippen LogP contribution in [0.2, 0.25) is 0 Å². The van der Waals surface area contributed by atoms with Crippen molar-refractivity contribution >= 4 is 11.6 Å². The predicted molar refractivity (Wildman–Crippen MR) is 89.9 cm³/mol. The van der Waals surface area contributed by atoms with Crippen LogP contribution in [-0.4, -0.2) is 39.1 Å². The molecule has 126 valence electrons. The number of halogens is 1. The smallest absolute Gasteiger partial charge is 0.223 e. The van der Waals surface area contributed by atoms with Gasteiger partial charge in [-0.25, -0.2) is 4.39 Å². The molecule has 1 aromatic carbocycles. The molecule has 2 fully saturated rings. The normalized spacial score (nSPS) is 21.9. The molecule has 4 nitrogen and oxygen atoms in total. The van der Waals surface area contributed by atoms with Crippen LogP contribution >= 0.6 is 0 Å². The van der Waals surface area contributed by atoms with Gasteiger partial charge in [0.05, 0.1) is 5.69 Å². The Balaban J connectivity index is 1.37. The first kappa shape index (κ1) is 16.2. The van der Waals surface area contributed by atoms with E-state index in [0.29, 0.717) is 17.6 Å². The summed E-state index contributed by atoms with van der Waals surface area (Å²) in [4.78, 5) is 14.1. The third kappa shape index (κ3) is 3.66. The Kier molecular flexibility index (Phi) is 4.85. The number of hydrogen-bond donors (Lipinski definition) is 2. The van der Waals surface area contributed by atoms with Gasteiger partial charge in [0.1, 0.15) is 5.82 Å². The fourth-order valence-electron chi connectivity index (χ4n) is 3.73. The number of carbonyl (C=O) groups is 1. The van der Waals surface area contributed by atoms with E-state index in [9.17, 15) is 9.18 Å². The molecule has 0 radical (unpaired) electrons. The Morgan fingerprint density at radius 1 is 1.39 bits per heavy atom. The number of piperidine rings is 1. The summed E-state index contributed by atoms with van der Waals surface area (Å²) in [7, 11) is 1.88. The Morgan fingerprint density at radius 3 is 2.87 bits per heavy atom. The van der Waals surface area contributed by atoms with Gasteiger partial charge in [-0.2, -0.15) is 0 Å². The fraction of sp³-hybridized carbons (Fsp3) is 0.611. The first-order valence-corrected chi connectivity index (χ1v) is 8.56. The summed E-state index contributed by atoms with van der Waals surface area (Å²) < 4.78 is 13.7. The second-order valence-corrected chi connectivity index (χ2v) is 6.89. The summed E-state index contributed by atoms with van der Waals surface area (Å²) >= 11 is 0. The van der Waals surface area contributed by atoms with Gasteiger partial charge >= 0.3 is 0 Å².